The number of halogens is 1. The monoisotopic (exact) mass is 403 g/mol. The number of sulfone groups is 1. The largest absolute Gasteiger partial charge is 0.367 e. The van der Waals surface area contributed by atoms with Crippen molar-refractivity contribution in [3.05, 3.63) is 53.1 Å². The number of para-hydroxylation sites is 1. The van der Waals surface area contributed by atoms with E-state index in [1.165, 1.54) is 6.07 Å². The second-order valence-electron chi connectivity index (χ2n) is 6.90. The summed E-state index contributed by atoms with van der Waals surface area (Å²) in [5, 5.41) is 3.24. The number of rotatable bonds is 3. The molecule has 2 aliphatic rings. The average molecular weight is 404 g/mol. The lowest BCUT2D eigenvalue weighted by molar-refractivity contribution is 0.580. The van der Waals surface area contributed by atoms with Gasteiger partial charge in [0.05, 0.1) is 21.5 Å². The summed E-state index contributed by atoms with van der Waals surface area (Å²) >= 11 is 6.01. The Balaban J connectivity index is 1.68. The molecular formula is C20H22ClN3O2S. The molecule has 1 fully saturated rings. The predicted octanol–water partition coefficient (Wildman–Crippen LogP) is 3.24. The number of aliphatic imine (C=N–C) groups is 1. The predicted molar refractivity (Wildman–Crippen MR) is 110 cm³/mol. The van der Waals surface area contributed by atoms with Gasteiger partial charge in [-0.25, -0.2) is 8.42 Å². The normalized spacial score (nSPS) is 20.2. The van der Waals surface area contributed by atoms with Gasteiger partial charge < -0.3 is 10.2 Å². The summed E-state index contributed by atoms with van der Waals surface area (Å²) in [6, 6.07) is 12.6. The summed E-state index contributed by atoms with van der Waals surface area (Å²) in [7, 11) is -3.49. The molecule has 2 aromatic carbocycles. The highest BCUT2D eigenvalue weighted by Gasteiger charge is 2.30. The molecule has 7 heteroatoms. The van der Waals surface area contributed by atoms with E-state index in [1.54, 1.807) is 24.4 Å². The number of fused-ring (bicyclic) bond motifs is 1. The fourth-order valence-corrected chi connectivity index (χ4v) is 5.65. The highest BCUT2D eigenvalue weighted by atomic mass is 35.5. The van der Waals surface area contributed by atoms with Gasteiger partial charge in [-0.05, 0) is 36.2 Å². The smallest absolute Gasteiger partial charge is 0.181 e. The maximum Gasteiger partial charge on any atom is 0.181 e. The van der Waals surface area contributed by atoms with Crippen LogP contribution in [-0.4, -0.2) is 46.1 Å². The quantitative estimate of drug-likeness (QED) is 0.854. The minimum Gasteiger partial charge on any atom is -0.367 e. The van der Waals surface area contributed by atoms with Gasteiger partial charge in [-0.2, -0.15) is 0 Å². The lowest BCUT2D eigenvalue weighted by Gasteiger charge is -2.31. The summed E-state index contributed by atoms with van der Waals surface area (Å²) in [5.41, 5.74) is 2.98. The van der Waals surface area contributed by atoms with E-state index in [-0.39, 0.29) is 4.90 Å². The Labute approximate surface area is 165 Å². The Kier molecular flexibility index (Phi) is 5.21. The molecule has 0 bridgehead atoms. The zero-order chi connectivity index (χ0) is 18.9. The first-order valence-corrected chi connectivity index (χ1v) is 11.1. The minimum atomic E-state index is -3.49. The van der Waals surface area contributed by atoms with Crippen LogP contribution >= 0.6 is 11.6 Å². The fourth-order valence-electron chi connectivity index (χ4n) is 3.72. The van der Waals surface area contributed by atoms with Crippen LogP contribution in [0.1, 0.15) is 12.0 Å². The molecule has 2 aliphatic heterocycles. The highest BCUT2D eigenvalue weighted by molar-refractivity contribution is 7.92. The van der Waals surface area contributed by atoms with Crippen molar-refractivity contribution in [1.29, 1.82) is 0 Å². The van der Waals surface area contributed by atoms with Gasteiger partial charge in [0.15, 0.2) is 9.84 Å². The van der Waals surface area contributed by atoms with Gasteiger partial charge in [-0.3, -0.25) is 4.99 Å². The van der Waals surface area contributed by atoms with E-state index in [0.717, 1.165) is 43.1 Å². The summed E-state index contributed by atoms with van der Waals surface area (Å²) in [4.78, 5) is 7.25. The molecule has 0 saturated carbocycles. The summed E-state index contributed by atoms with van der Waals surface area (Å²) < 4.78 is 26.3. The molecule has 0 radical (unpaired) electrons. The van der Waals surface area contributed by atoms with Gasteiger partial charge in [0.2, 0.25) is 0 Å². The number of piperazine rings is 1. The van der Waals surface area contributed by atoms with Gasteiger partial charge in [0.1, 0.15) is 0 Å². The van der Waals surface area contributed by atoms with Crippen molar-refractivity contribution in [3.63, 3.8) is 0 Å². The van der Waals surface area contributed by atoms with Gasteiger partial charge >= 0.3 is 0 Å². The van der Waals surface area contributed by atoms with Crippen LogP contribution < -0.4 is 10.2 Å². The molecule has 5 nitrogen and oxygen atoms in total. The van der Waals surface area contributed by atoms with Crippen LogP contribution in [0.2, 0.25) is 5.02 Å². The molecule has 1 saturated heterocycles. The van der Waals surface area contributed by atoms with Crippen LogP contribution in [0.4, 0.5) is 11.4 Å². The van der Waals surface area contributed by atoms with Crippen LogP contribution in [-0.2, 0) is 16.3 Å². The molecule has 2 aromatic rings. The standard InChI is InChI=1S/C20H22ClN3O2S/c21-16-4-2-5-17(14-16)27(25,26)18-7-8-23-20-15(13-18)3-1-6-19(20)24-11-9-22-10-12-24/h1-6,8,14,18,22H,7,9-13H2. The van der Waals surface area contributed by atoms with Crippen molar-refractivity contribution in [2.75, 3.05) is 31.1 Å². The van der Waals surface area contributed by atoms with Gasteiger partial charge in [-0.1, -0.05) is 29.8 Å². The van der Waals surface area contributed by atoms with E-state index in [2.05, 4.69) is 21.3 Å². The summed E-state index contributed by atoms with van der Waals surface area (Å²) in [6.07, 6.45) is 2.60. The third-order valence-electron chi connectivity index (χ3n) is 5.16. The molecule has 2 heterocycles. The Morgan fingerprint density at radius 2 is 1.89 bits per heavy atom. The van der Waals surface area contributed by atoms with Crippen LogP contribution in [0.3, 0.4) is 0 Å². The summed E-state index contributed by atoms with van der Waals surface area (Å²) in [5.74, 6) is 0. The molecule has 1 N–H and O–H groups in total. The van der Waals surface area contributed by atoms with E-state index in [0.29, 0.717) is 17.9 Å². The lowest BCUT2D eigenvalue weighted by Crippen LogP contribution is -2.43. The molecule has 0 amide bonds. The first-order chi connectivity index (χ1) is 13.1. The van der Waals surface area contributed by atoms with E-state index in [9.17, 15) is 8.42 Å². The Morgan fingerprint density at radius 1 is 1.11 bits per heavy atom. The SMILES string of the molecule is O=S(=O)(c1cccc(Cl)c1)C1CC=Nc2c(cccc2N2CCNCC2)C1. The molecule has 0 spiro atoms. The van der Waals surface area contributed by atoms with Crippen LogP contribution in [0.5, 0.6) is 0 Å². The third kappa shape index (κ3) is 3.74. The van der Waals surface area contributed by atoms with E-state index in [4.69, 9.17) is 11.6 Å². The third-order valence-corrected chi connectivity index (χ3v) is 7.54. The van der Waals surface area contributed by atoms with E-state index >= 15 is 0 Å². The maximum atomic E-state index is 13.1. The van der Waals surface area contributed by atoms with Crippen LogP contribution in [0, 0.1) is 0 Å². The number of hydrogen-bond donors (Lipinski definition) is 1. The van der Waals surface area contributed by atoms with E-state index < -0.39 is 15.1 Å². The first kappa shape index (κ1) is 18.5. The molecule has 1 unspecified atom stereocenters. The first-order valence-electron chi connectivity index (χ1n) is 9.15. The molecule has 142 valence electrons. The fraction of sp³-hybridized carbons (Fsp3) is 0.350. The Bertz CT molecular complexity index is 969. The van der Waals surface area contributed by atoms with Crippen molar-refractivity contribution < 1.29 is 8.42 Å². The number of nitrogens with one attached hydrogen (secondary N) is 1. The van der Waals surface area contributed by atoms with Crippen molar-refractivity contribution in [2.45, 2.75) is 23.0 Å². The maximum absolute atomic E-state index is 13.1. The van der Waals surface area contributed by atoms with Gasteiger partial charge in [0, 0.05) is 43.8 Å². The molecule has 27 heavy (non-hydrogen) atoms. The molecular weight excluding hydrogens is 382 g/mol. The van der Waals surface area contributed by atoms with Crippen LogP contribution in [0.15, 0.2) is 52.4 Å². The Hall–Kier alpha value is -1.89. The molecule has 0 aliphatic carbocycles. The molecule has 4 rings (SSSR count). The van der Waals surface area contributed by atoms with E-state index in [1.807, 2.05) is 12.1 Å². The Morgan fingerprint density at radius 3 is 2.67 bits per heavy atom. The van der Waals surface area contributed by atoms with Gasteiger partial charge in [0.25, 0.3) is 0 Å². The minimum absolute atomic E-state index is 0.273. The van der Waals surface area contributed by atoms with Crippen molar-refractivity contribution in [2.24, 2.45) is 4.99 Å². The number of hydrogen-bond acceptors (Lipinski definition) is 5. The van der Waals surface area contributed by atoms with Crippen molar-refractivity contribution in [1.82, 2.24) is 5.32 Å². The zero-order valence-electron chi connectivity index (χ0n) is 14.9. The van der Waals surface area contributed by atoms with Crippen molar-refractivity contribution >= 4 is 39.0 Å². The highest BCUT2D eigenvalue weighted by Crippen LogP contribution is 2.37. The van der Waals surface area contributed by atoms with Gasteiger partial charge in [-0.15, -0.1) is 0 Å². The summed E-state index contributed by atoms with van der Waals surface area (Å²) in [6.45, 7) is 3.74. The second-order valence-corrected chi connectivity index (χ2v) is 9.56. The zero-order valence-corrected chi connectivity index (χ0v) is 16.5. The van der Waals surface area contributed by atoms with Crippen LogP contribution in [0.25, 0.3) is 0 Å². The molecule has 0 aromatic heterocycles. The average Bonchev–Trinajstić information content (AvgIpc) is 2.91. The lowest BCUT2D eigenvalue weighted by atomic mass is 10.1. The topological polar surface area (TPSA) is 61.8 Å². The second kappa shape index (κ2) is 7.62. The number of anilines is 1. The number of benzene rings is 2. The molecule has 1 atom stereocenters. The number of nitrogens with zero attached hydrogens (tertiary/aromatic N) is 2. The van der Waals surface area contributed by atoms with Crippen molar-refractivity contribution in [3.8, 4) is 0 Å².